The fourth-order valence-corrected chi connectivity index (χ4v) is 4.07. The van der Waals surface area contributed by atoms with Gasteiger partial charge in [-0.15, -0.1) is 5.10 Å². The number of thioether (sulfide) groups is 1. The molecular weight excluding hydrogens is 432 g/mol. The molecule has 1 N–H and O–H groups in total. The number of nitrogens with zero attached hydrogens (tertiary/aromatic N) is 5. The number of carbonyl (C=O) groups excluding carboxylic acids is 1. The summed E-state index contributed by atoms with van der Waals surface area (Å²) in [5.74, 6) is 2.30. The zero-order valence-corrected chi connectivity index (χ0v) is 18.1. The molecule has 0 saturated carbocycles. The molecule has 0 spiro atoms. The lowest BCUT2D eigenvalue weighted by Gasteiger charge is -2.08. The van der Waals surface area contributed by atoms with Gasteiger partial charge >= 0.3 is 0 Å². The monoisotopic (exact) mass is 452 g/mol. The second-order valence-corrected chi connectivity index (χ2v) is 8.11. The number of nitrogens with one attached hydrogen (secondary N) is 1. The summed E-state index contributed by atoms with van der Waals surface area (Å²) in [5.41, 5.74) is 3.79. The highest BCUT2D eigenvalue weighted by Crippen LogP contribution is 2.32. The summed E-state index contributed by atoms with van der Waals surface area (Å²) in [6, 6.07) is 7.60. The van der Waals surface area contributed by atoms with Gasteiger partial charge in [0.2, 0.25) is 11.1 Å². The predicted octanol–water partition coefficient (Wildman–Crippen LogP) is 2.37. The van der Waals surface area contributed by atoms with Crippen LogP contribution in [0, 0.1) is 0 Å². The maximum Gasteiger partial charge on any atom is 0.280 e. The second-order valence-electron chi connectivity index (χ2n) is 7.16. The van der Waals surface area contributed by atoms with E-state index in [4.69, 9.17) is 9.47 Å². The highest BCUT2D eigenvalue weighted by molar-refractivity contribution is 7.98. The van der Waals surface area contributed by atoms with E-state index in [0.717, 1.165) is 28.2 Å². The van der Waals surface area contributed by atoms with Crippen molar-refractivity contribution in [3.8, 4) is 11.5 Å². The zero-order chi connectivity index (χ0) is 22.1. The first-order valence-electron chi connectivity index (χ1n) is 10.2. The average molecular weight is 452 g/mol. The van der Waals surface area contributed by atoms with Gasteiger partial charge < -0.3 is 9.47 Å². The van der Waals surface area contributed by atoms with Crippen LogP contribution in [0.1, 0.15) is 25.3 Å². The van der Waals surface area contributed by atoms with Crippen LogP contribution in [0.2, 0.25) is 0 Å². The SMILES string of the molecule is CCC(=O)Nn1ccc2c(cnc3nc(SCc4ccc5c(c4)OCCCO5)nn32)c1=O. The third kappa shape index (κ3) is 3.86. The fraction of sp³-hybridized carbons (Fsp3) is 0.286. The van der Waals surface area contributed by atoms with E-state index in [1.54, 1.807) is 17.5 Å². The van der Waals surface area contributed by atoms with E-state index in [2.05, 4.69) is 20.5 Å². The Kier molecular flexibility index (Phi) is 5.39. The first-order chi connectivity index (χ1) is 15.6. The Morgan fingerprint density at radius 2 is 2.06 bits per heavy atom. The molecule has 1 aliphatic heterocycles. The van der Waals surface area contributed by atoms with Crippen LogP contribution in [0.15, 0.2) is 46.6 Å². The number of hydrogen-bond donors (Lipinski definition) is 1. The fourth-order valence-electron chi connectivity index (χ4n) is 3.31. The van der Waals surface area contributed by atoms with E-state index in [0.29, 0.717) is 40.8 Å². The molecule has 4 aromatic rings. The van der Waals surface area contributed by atoms with E-state index in [1.807, 2.05) is 18.2 Å². The van der Waals surface area contributed by atoms with Gasteiger partial charge in [-0.25, -0.2) is 9.66 Å². The van der Waals surface area contributed by atoms with Crippen LogP contribution in [0.3, 0.4) is 0 Å². The molecule has 1 aliphatic rings. The number of benzene rings is 1. The first kappa shape index (κ1) is 20.3. The molecule has 3 aromatic heterocycles. The van der Waals surface area contributed by atoms with Crippen LogP contribution in [0.4, 0.5) is 0 Å². The topological polar surface area (TPSA) is 113 Å². The van der Waals surface area contributed by atoms with Crippen LogP contribution in [0.25, 0.3) is 16.7 Å². The lowest BCUT2D eigenvalue weighted by molar-refractivity contribution is -0.116. The number of rotatable bonds is 5. The standard InChI is InChI=1S/C21H20N6O4S/c1-2-18(28)24-26-7-6-15-14(19(26)29)11-22-20-23-21(25-27(15)20)32-12-13-4-5-16-17(10-13)31-9-3-8-30-16/h4-7,10-11H,2-3,8-9,12H2,1H3,(H,24,28). The predicted molar refractivity (Wildman–Crippen MR) is 119 cm³/mol. The number of aromatic nitrogens is 5. The maximum atomic E-state index is 12.7. The van der Waals surface area contributed by atoms with E-state index in [9.17, 15) is 9.59 Å². The van der Waals surface area contributed by atoms with Crippen molar-refractivity contribution in [2.45, 2.75) is 30.7 Å². The molecule has 1 aromatic carbocycles. The summed E-state index contributed by atoms with van der Waals surface area (Å²) in [7, 11) is 0. The van der Waals surface area contributed by atoms with E-state index >= 15 is 0 Å². The van der Waals surface area contributed by atoms with Crippen molar-refractivity contribution in [3.05, 3.63) is 52.6 Å². The third-order valence-electron chi connectivity index (χ3n) is 4.96. The molecule has 0 radical (unpaired) electrons. The van der Waals surface area contributed by atoms with Gasteiger partial charge in [0.25, 0.3) is 11.3 Å². The summed E-state index contributed by atoms with van der Waals surface area (Å²) >= 11 is 1.46. The molecule has 5 rings (SSSR count). The molecule has 0 unspecified atom stereocenters. The average Bonchev–Trinajstić information content (AvgIpc) is 3.09. The number of ether oxygens (including phenoxy) is 2. The largest absolute Gasteiger partial charge is 0.490 e. The molecule has 0 saturated heterocycles. The van der Waals surface area contributed by atoms with Crippen LogP contribution in [0.5, 0.6) is 11.5 Å². The van der Waals surface area contributed by atoms with Crippen LogP contribution in [-0.2, 0) is 10.5 Å². The highest BCUT2D eigenvalue weighted by atomic mass is 32.2. The van der Waals surface area contributed by atoms with Gasteiger partial charge in [0.1, 0.15) is 0 Å². The number of fused-ring (bicyclic) bond motifs is 4. The van der Waals surface area contributed by atoms with Gasteiger partial charge in [0.15, 0.2) is 11.5 Å². The first-order valence-corrected chi connectivity index (χ1v) is 11.2. The quantitative estimate of drug-likeness (QED) is 0.459. The van der Waals surface area contributed by atoms with Crippen molar-refractivity contribution in [2.75, 3.05) is 18.6 Å². The minimum Gasteiger partial charge on any atom is -0.490 e. The summed E-state index contributed by atoms with van der Waals surface area (Å²) < 4.78 is 14.1. The Labute approximate surface area is 186 Å². The van der Waals surface area contributed by atoms with Crippen molar-refractivity contribution < 1.29 is 14.3 Å². The number of pyridine rings is 1. The Balaban J connectivity index is 1.40. The molecular formula is C21H20N6O4S. The van der Waals surface area contributed by atoms with Crippen molar-refractivity contribution in [3.63, 3.8) is 0 Å². The highest BCUT2D eigenvalue weighted by Gasteiger charge is 2.14. The molecule has 164 valence electrons. The molecule has 4 heterocycles. The van der Waals surface area contributed by atoms with Crippen molar-refractivity contribution >= 4 is 34.3 Å². The lowest BCUT2D eigenvalue weighted by Crippen LogP contribution is -2.32. The normalized spacial score (nSPS) is 13.3. The second kappa shape index (κ2) is 8.50. The molecule has 0 fully saturated rings. The van der Waals surface area contributed by atoms with E-state index < -0.39 is 0 Å². The van der Waals surface area contributed by atoms with Crippen molar-refractivity contribution in [1.29, 1.82) is 0 Å². The molecule has 0 atom stereocenters. The Hall–Kier alpha value is -3.60. The van der Waals surface area contributed by atoms with Gasteiger partial charge in [0.05, 0.1) is 24.1 Å². The van der Waals surface area contributed by atoms with Gasteiger partial charge in [-0.1, -0.05) is 24.8 Å². The summed E-state index contributed by atoms with van der Waals surface area (Å²) in [6.45, 7) is 3.01. The Morgan fingerprint density at radius 3 is 2.91 bits per heavy atom. The summed E-state index contributed by atoms with van der Waals surface area (Å²) in [5, 5.41) is 5.40. The van der Waals surface area contributed by atoms with Crippen LogP contribution < -0.4 is 20.5 Å². The Bertz CT molecular complexity index is 1380. The zero-order valence-electron chi connectivity index (χ0n) is 17.3. The van der Waals surface area contributed by atoms with E-state index in [1.165, 1.54) is 24.2 Å². The van der Waals surface area contributed by atoms with E-state index in [-0.39, 0.29) is 17.9 Å². The van der Waals surface area contributed by atoms with Gasteiger partial charge in [-0.2, -0.15) is 9.50 Å². The summed E-state index contributed by atoms with van der Waals surface area (Å²) in [4.78, 5) is 33.1. The number of hydrogen-bond acceptors (Lipinski definition) is 8. The molecule has 11 heteroatoms. The minimum absolute atomic E-state index is 0.255. The van der Waals surface area contributed by atoms with Gasteiger partial charge in [-0.05, 0) is 23.8 Å². The molecule has 0 aliphatic carbocycles. The smallest absolute Gasteiger partial charge is 0.280 e. The molecule has 32 heavy (non-hydrogen) atoms. The lowest BCUT2D eigenvalue weighted by atomic mass is 10.2. The molecule has 0 bridgehead atoms. The van der Waals surface area contributed by atoms with Crippen molar-refractivity contribution in [1.82, 2.24) is 24.3 Å². The van der Waals surface area contributed by atoms with Crippen molar-refractivity contribution in [2.24, 2.45) is 0 Å². The number of carbonyl (C=O) groups is 1. The molecule has 1 amide bonds. The van der Waals surface area contributed by atoms with Gasteiger partial charge in [-0.3, -0.25) is 15.0 Å². The van der Waals surface area contributed by atoms with Crippen LogP contribution >= 0.6 is 11.8 Å². The Morgan fingerprint density at radius 1 is 1.22 bits per heavy atom. The van der Waals surface area contributed by atoms with Gasteiger partial charge in [0, 0.05) is 31.0 Å². The number of amides is 1. The third-order valence-corrected chi connectivity index (χ3v) is 5.87. The molecule has 10 nitrogen and oxygen atoms in total. The maximum absolute atomic E-state index is 12.7. The minimum atomic E-state index is -0.379. The van der Waals surface area contributed by atoms with Crippen LogP contribution in [-0.4, -0.2) is 43.4 Å². The summed E-state index contributed by atoms with van der Waals surface area (Å²) in [6.07, 6.45) is 4.09.